The number of ketones is 1. The summed E-state index contributed by atoms with van der Waals surface area (Å²) in [6, 6.07) is 8.14. The molecule has 4 nitrogen and oxygen atoms in total. The Labute approximate surface area is 134 Å². The summed E-state index contributed by atoms with van der Waals surface area (Å²) in [6.45, 7) is 2.87. The van der Waals surface area contributed by atoms with Crippen molar-refractivity contribution in [1.82, 2.24) is 9.88 Å². The van der Waals surface area contributed by atoms with Crippen LogP contribution < -0.4 is 0 Å². The van der Waals surface area contributed by atoms with Gasteiger partial charge in [-0.1, -0.05) is 12.1 Å². The third kappa shape index (κ3) is 3.50. The second-order valence-corrected chi connectivity index (χ2v) is 6.09. The molecule has 1 aromatic carbocycles. The monoisotopic (exact) mass is 314 g/mol. The maximum Gasteiger partial charge on any atom is 0.270 e. The zero-order chi connectivity index (χ0) is 16.4. The number of amides is 1. The molecule has 1 unspecified atom stereocenters. The Morgan fingerprint density at radius 1 is 1.30 bits per heavy atom. The van der Waals surface area contributed by atoms with E-state index in [9.17, 15) is 14.0 Å². The summed E-state index contributed by atoms with van der Waals surface area (Å²) in [5.74, 6) is 0.0201. The van der Waals surface area contributed by atoms with Crippen molar-refractivity contribution in [2.75, 3.05) is 13.1 Å². The SMILES string of the molecule is CC(=O)c1c[nH]c(C(=O)N2CCC(Cc3ccc(F)cc3)C2)c1. The molecule has 120 valence electrons. The molecule has 1 aliphatic heterocycles. The van der Waals surface area contributed by atoms with E-state index in [1.807, 2.05) is 4.90 Å². The molecule has 5 heteroatoms. The van der Waals surface area contributed by atoms with Gasteiger partial charge in [0.2, 0.25) is 0 Å². The summed E-state index contributed by atoms with van der Waals surface area (Å²) >= 11 is 0. The second-order valence-electron chi connectivity index (χ2n) is 6.09. The number of aromatic nitrogens is 1. The zero-order valence-corrected chi connectivity index (χ0v) is 13.0. The van der Waals surface area contributed by atoms with Crippen molar-refractivity contribution in [2.24, 2.45) is 5.92 Å². The van der Waals surface area contributed by atoms with Crippen LogP contribution in [-0.4, -0.2) is 34.7 Å². The van der Waals surface area contributed by atoms with Gasteiger partial charge in [0.1, 0.15) is 11.5 Å². The summed E-state index contributed by atoms with van der Waals surface area (Å²) in [6.07, 6.45) is 3.35. The molecule has 1 fully saturated rings. The van der Waals surface area contributed by atoms with Gasteiger partial charge in [-0.25, -0.2) is 4.39 Å². The number of H-pyrrole nitrogens is 1. The number of aromatic amines is 1. The quantitative estimate of drug-likeness (QED) is 0.882. The van der Waals surface area contributed by atoms with Gasteiger partial charge < -0.3 is 9.88 Å². The summed E-state index contributed by atoms with van der Waals surface area (Å²) < 4.78 is 12.9. The summed E-state index contributed by atoms with van der Waals surface area (Å²) in [5.41, 5.74) is 2.07. The topological polar surface area (TPSA) is 53.2 Å². The number of carbonyl (C=O) groups is 2. The molecule has 1 saturated heterocycles. The van der Waals surface area contributed by atoms with Crippen LogP contribution in [0, 0.1) is 11.7 Å². The third-order valence-corrected chi connectivity index (χ3v) is 4.33. The highest BCUT2D eigenvalue weighted by Crippen LogP contribution is 2.22. The first-order chi connectivity index (χ1) is 11.0. The van der Waals surface area contributed by atoms with E-state index in [2.05, 4.69) is 4.98 Å². The summed E-state index contributed by atoms with van der Waals surface area (Å²) in [7, 11) is 0. The van der Waals surface area contributed by atoms with Gasteiger partial charge in [0.05, 0.1) is 0 Å². The van der Waals surface area contributed by atoms with Crippen LogP contribution in [0.25, 0.3) is 0 Å². The van der Waals surface area contributed by atoms with Crippen LogP contribution in [0.4, 0.5) is 4.39 Å². The molecule has 1 atom stereocenters. The van der Waals surface area contributed by atoms with Gasteiger partial charge in [0.15, 0.2) is 5.78 Å². The van der Waals surface area contributed by atoms with Crippen LogP contribution in [0.5, 0.6) is 0 Å². The molecule has 23 heavy (non-hydrogen) atoms. The molecule has 1 aromatic heterocycles. The Balaban J connectivity index is 1.61. The number of hydrogen-bond acceptors (Lipinski definition) is 2. The molecule has 0 radical (unpaired) electrons. The number of carbonyl (C=O) groups excluding carboxylic acids is 2. The van der Waals surface area contributed by atoms with Crippen molar-refractivity contribution < 1.29 is 14.0 Å². The van der Waals surface area contributed by atoms with Crippen LogP contribution in [0.15, 0.2) is 36.5 Å². The molecule has 1 aliphatic rings. The Hall–Kier alpha value is -2.43. The fourth-order valence-corrected chi connectivity index (χ4v) is 3.03. The average molecular weight is 314 g/mol. The Morgan fingerprint density at radius 3 is 2.70 bits per heavy atom. The second kappa shape index (κ2) is 6.36. The maximum absolute atomic E-state index is 12.9. The van der Waals surface area contributed by atoms with Gasteiger partial charge in [0.25, 0.3) is 5.91 Å². The van der Waals surface area contributed by atoms with E-state index in [1.54, 1.807) is 24.4 Å². The molecular weight excluding hydrogens is 295 g/mol. The number of nitrogens with one attached hydrogen (secondary N) is 1. The van der Waals surface area contributed by atoms with E-state index < -0.39 is 0 Å². The zero-order valence-electron chi connectivity index (χ0n) is 13.0. The number of benzene rings is 1. The number of Topliss-reactive ketones (excluding diaryl/α,β-unsaturated/α-hetero) is 1. The maximum atomic E-state index is 12.9. The molecule has 1 N–H and O–H groups in total. The molecule has 0 bridgehead atoms. The van der Waals surface area contributed by atoms with Crippen molar-refractivity contribution in [3.8, 4) is 0 Å². The Kier molecular flexibility index (Phi) is 4.28. The number of halogens is 1. The normalized spacial score (nSPS) is 17.5. The lowest BCUT2D eigenvalue weighted by Crippen LogP contribution is -2.29. The third-order valence-electron chi connectivity index (χ3n) is 4.33. The first kappa shape index (κ1) is 15.5. The van der Waals surface area contributed by atoms with E-state index in [0.717, 1.165) is 18.4 Å². The van der Waals surface area contributed by atoms with Crippen LogP contribution in [0.1, 0.15) is 39.8 Å². The number of likely N-dealkylation sites (tertiary alicyclic amines) is 1. The van der Waals surface area contributed by atoms with E-state index in [4.69, 9.17) is 0 Å². The molecular formula is C18H19FN2O2. The first-order valence-corrected chi connectivity index (χ1v) is 7.76. The highest BCUT2D eigenvalue weighted by atomic mass is 19.1. The van der Waals surface area contributed by atoms with Gasteiger partial charge in [-0.15, -0.1) is 0 Å². The van der Waals surface area contributed by atoms with Gasteiger partial charge in [-0.2, -0.15) is 0 Å². The lowest BCUT2D eigenvalue weighted by atomic mass is 9.99. The minimum atomic E-state index is -0.231. The van der Waals surface area contributed by atoms with Crippen LogP contribution in [0.3, 0.4) is 0 Å². The van der Waals surface area contributed by atoms with Crippen molar-refractivity contribution in [1.29, 1.82) is 0 Å². The van der Waals surface area contributed by atoms with E-state index in [0.29, 0.717) is 30.3 Å². The van der Waals surface area contributed by atoms with Gasteiger partial charge in [-0.05, 0) is 49.4 Å². The van der Waals surface area contributed by atoms with E-state index >= 15 is 0 Å². The molecule has 3 rings (SSSR count). The molecule has 2 heterocycles. The average Bonchev–Trinajstić information content (AvgIpc) is 3.18. The van der Waals surface area contributed by atoms with Crippen LogP contribution >= 0.6 is 0 Å². The van der Waals surface area contributed by atoms with E-state index in [1.165, 1.54) is 19.1 Å². The lowest BCUT2D eigenvalue weighted by molar-refractivity contribution is 0.0782. The highest BCUT2D eigenvalue weighted by Gasteiger charge is 2.27. The predicted octanol–water partition coefficient (Wildman–Crippen LogP) is 3.06. The smallest absolute Gasteiger partial charge is 0.270 e. The fourth-order valence-electron chi connectivity index (χ4n) is 3.03. The Bertz CT molecular complexity index is 721. The molecule has 0 aliphatic carbocycles. The molecule has 0 saturated carbocycles. The van der Waals surface area contributed by atoms with Crippen molar-refractivity contribution >= 4 is 11.7 Å². The van der Waals surface area contributed by atoms with Crippen molar-refractivity contribution in [3.05, 3.63) is 59.2 Å². The van der Waals surface area contributed by atoms with Crippen LogP contribution in [0.2, 0.25) is 0 Å². The highest BCUT2D eigenvalue weighted by molar-refractivity contribution is 5.99. The van der Waals surface area contributed by atoms with Crippen LogP contribution in [-0.2, 0) is 6.42 Å². The predicted molar refractivity (Wildman–Crippen MR) is 84.9 cm³/mol. The van der Waals surface area contributed by atoms with Crippen molar-refractivity contribution in [2.45, 2.75) is 19.8 Å². The summed E-state index contributed by atoms with van der Waals surface area (Å²) in [5, 5.41) is 0. The minimum Gasteiger partial charge on any atom is -0.356 e. The summed E-state index contributed by atoms with van der Waals surface area (Å²) in [4.78, 5) is 28.5. The molecule has 1 amide bonds. The van der Waals surface area contributed by atoms with Gasteiger partial charge in [-0.3, -0.25) is 9.59 Å². The number of nitrogens with zero attached hydrogens (tertiary/aromatic N) is 1. The number of hydrogen-bond donors (Lipinski definition) is 1. The molecule has 2 aromatic rings. The van der Waals surface area contributed by atoms with Crippen molar-refractivity contribution in [3.63, 3.8) is 0 Å². The standard InChI is InChI=1S/C18H19FN2O2/c1-12(22)15-9-17(20-10-15)18(23)21-7-6-14(11-21)8-13-2-4-16(19)5-3-13/h2-5,9-10,14,20H,6-8,11H2,1H3. The lowest BCUT2D eigenvalue weighted by Gasteiger charge is -2.15. The first-order valence-electron chi connectivity index (χ1n) is 7.76. The van der Waals surface area contributed by atoms with E-state index in [-0.39, 0.29) is 17.5 Å². The largest absolute Gasteiger partial charge is 0.356 e. The number of rotatable bonds is 4. The van der Waals surface area contributed by atoms with Gasteiger partial charge in [0, 0.05) is 24.8 Å². The van der Waals surface area contributed by atoms with Gasteiger partial charge >= 0.3 is 0 Å². The molecule has 0 spiro atoms. The minimum absolute atomic E-state index is 0.0593. The Morgan fingerprint density at radius 2 is 2.04 bits per heavy atom. The fraction of sp³-hybridized carbons (Fsp3) is 0.333.